The summed E-state index contributed by atoms with van der Waals surface area (Å²) in [4.78, 5) is 8.40. The lowest BCUT2D eigenvalue weighted by Gasteiger charge is -2.09. The fourth-order valence-corrected chi connectivity index (χ4v) is 2.22. The molecular weight excluding hydrogens is 296 g/mol. The summed E-state index contributed by atoms with van der Waals surface area (Å²) in [6, 6.07) is 7.20. The summed E-state index contributed by atoms with van der Waals surface area (Å²) in [6.07, 6.45) is 3.98. The number of aromatic nitrogens is 2. The van der Waals surface area contributed by atoms with E-state index in [2.05, 4.69) is 25.9 Å². The maximum Gasteiger partial charge on any atom is 0.150 e. The zero-order valence-electron chi connectivity index (χ0n) is 9.25. The molecule has 0 aliphatic rings. The van der Waals surface area contributed by atoms with Gasteiger partial charge in [-0.1, -0.05) is 6.07 Å². The molecule has 1 aromatic carbocycles. The normalized spacial score (nSPS) is 12.8. The van der Waals surface area contributed by atoms with Crippen LogP contribution in [0.25, 0.3) is 11.0 Å². The highest BCUT2D eigenvalue weighted by Crippen LogP contribution is 2.30. The van der Waals surface area contributed by atoms with Gasteiger partial charge >= 0.3 is 0 Å². The van der Waals surface area contributed by atoms with E-state index in [4.69, 9.17) is 4.42 Å². The Bertz CT molecular complexity index is 696. The van der Waals surface area contributed by atoms with E-state index in [1.807, 2.05) is 18.2 Å². The molecular formula is C13H9BrN2O2. The fraction of sp³-hybridized carbons (Fsp3) is 0.0769. The first-order valence-electron chi connectivity index (χ1n) is 5.37. The van der Waals surface area contributed by atoms with Crippen molar-refractivity contribution in [3.63, 3.8) is 0 Å². The van der Waals surface area contributed by atoms with E-state index in [1.54, 1.807) is 18.5 Å². The second-order valence-electron chi connectivity index (χ2n) is 3.84. The molecule has 0 fully saturated rings. The highest BCUT2D eigenvalue weighted by molar-refractivity contribution is 9.10. The highest BCUT2D eigenvalue weighted by atomic mass is 79.9. The minimum absolute atomic E-state index is 0.484. The smallest absolute Gasteiger partial charge is 0.150 e. The van der Waals surface area contributed by atoms with Crippen molar-refractivity contribution in [2.75, 3.05) is 0 Å². The molecule has 1 unspecified atom stereocenters. The number of halogens is 1. The first-order valence-corrected chi connectivity index (χ1v) is 6.16. The van der Waals surface area contributed by atoms with E-state index < -0.39 is 6.10 Å². The number of aliphatic hydroxyl groups is 1. The van der Waals surface area contributed by atoms with Gasteiger partial charge in [0.25, 0.3) is 0 Å². The van der Waals surface area contributed by atoms with Gasteiger partial charge in [-0.3, -0.25) is 9.97 Å². The van der Waals surface area contributed by atoms with Crippen LogP contribution in [0.1, 0.15) is 17.4 Å². The maximum atomic E-state index is 10.2. The number of nitrogens with zero attached hydrogens (tertiary/aromatic N) is 2. The molecule has 5 heteroatoms. The lowest BCUT2D eigenvalue weighted by Crippen LogP contribution is -1.99. The van der Waals surface area contributed by atoms with Crippen LogP contribution in [0, 0.1) is 0 Å². The predicted molar refractivity (Wildman–Crippen MR) is 70.0 cm³/mol. The van der Waals surface area contributed by atoms with Gasteiger partial charge in [-0.15, -0.1) is 0 Å². The van der Waals surface area contributed by atoms with Gasteiger partial charge in [0.05, 0.1) is 21.8 Å². The van der Waals surface area contributed by atoms with Gasteiger partial charge in [0.15, 0.2) is 5.76 Å². The number of fused-ring (bicyclic) bond motifs is 1. The fourth-order valence-electron chi connectivity index (χ4n) is 1.80. The Morgan fingerprint density at radius 1 is 1.11 bits per heavy atom. The Hall–Kier alpha value is -1.72. The molecule has 1 N–H and O–H groups in total. The van der Waals surface area contributed by atoms with Gasteiger partial charge in [0.1, 0.15) is 6.10 Å². The standard InChI is InChI=1S/C13H9BrN2O2/c14-9-3-6-18-13(9)12(17)8-1-2-10-11(7-8)16-5-4-15-10/h1-7,12,17H. The zero-order valence-corrected chi connectivity index (χ0v) is 10.8. The summed E-state index contributed by atoms with van der Waals surface area (Å²) >= 11 is 3.33. The Balaban J connectivity index is 2.07. The minimum atomic E-state index is -0.819. The predicted octanol–water partition coefficient (Wildman–Crippen LogP) is 3.07. The van der Waals surface area contributed by atoms with Crippen LogP contribution >= 0.6 is 15.9 Å². The number of furan rings is 1. The van der Waals surface area contributed by atoms with E-state index >= 15 is 0 Å². The van der Waals surface area contributed by atoms with Crippen molar-refractivity contribution in [1.82, 2.24) is 9.97 Å². The molecule has 2 aromatic heterocycles. The largest absolute Gasteiger partial charge is 0.465 e. The summed E-state index contributed by atoms with van der Waals surface area (Å²) in [5.41, 5.74) is 2.27. The molecule has 0 aliphatic carbocycles. The monoisotopic (exact) mass is 304 g/mol. The third-order valence-electron chi connectivity index (χ3n) is 2.70. The van der Waals surface area contributed by atoms with Crippen LogP contribution in [0.4, 0.5) is 0 Å². The second kappa shape index (κ2) is 4.51. The maximum absolute atomic E-state index is 10.2. The van der Waals surface area contributed by atoms with Crippen molar-refractivity contribution in [3.8, 4) is 0 Å². The number of benzene rings is 1. The molecule has 0 saturated carbocycles. The average molecular weight is 305 g/mol. The molecule has 0 amide bonds. The number of hydrogen-bond acceptors (Lipinski definition) is 4. The molecule has 0 saturated heterocycles. The Labute approximate surface area is 111 Å². The first kappa shape index (κ1) is 11.4. The Morgan fingerprint density at radius 2 is 1.89 bits per heavy atom. The summed E-state index contributed by atoms with van der Waals surface area (Å²) in [6.45, 7) is 0. The molecule has 0 spiro atoms. The summed E-state index contributed by atoms with van der Waals surface area (Å²) in [7, 11) is 0. The molecule has 3 aromatic rings. The van der Waals surface area contributed by atoms with Crippen LogP contribution in [-0.2, 0) is 0 Å². The van der Waals surface area contributed by atoms with Crippen molar-refractivity contribution < 1.29 is 9.52 Å². The second-order valence-corrected chi connectivity index (χ2v) is 4.69. The van der Waals surface area contributed by atoms with Crippen LogP contribution in [0.2, 0.25) is 0 Å². The van der Waals surface area contributed by atoms with Crippen LogP contribution in [0.3, 0.4) is 0 Å². The van der Waals surface area contributed by atoms with Gasteiger partial charge in [-0.05, 0) is 39.7 Å². The van der Waals surface area contributed by atoms with E-state index in [1.165, 1.54) is 6.26 Å². The Morgan fingerprint density at radius 3 is 2.61 bits per heavy atom. The first-order chi connectivity index (χ1) is 8.75. The SMILES string of the molecule is OC(c1ccc2nccnc2c1)c1occc1Br. The summed E-state index contributed by atoms with van der Waals surface area (Å²) in [5, 5.41) is 10.2. The molecule has 0 aliphatic heterocycles. The lowest BCUT2D eigenvalue weighted by molar-refractivity contribution is 0.188. The van der Waals surface area contributed by atoms with Crippen molar-refractivity contribution in [3.05, 3.63) is 58.7 Å². The minimum Gasteiger partial charge on any atom is -0.465 e. The van der Waals surface area contributed by atoms with Gasteiger partial charge in [-0.2, -0.15) is 0 Å². The van der Waals surface area contributed by atoms with Crippen molar-refractivity contribution >= 4 is 27.0 Å². The van der Waals surface area contributed by atoms with Crippen molar-refractivity contribution in [2.45, 2.75) is 6.10 Å². The number of aliphatic hydroxyl groups excluding tert-OH is 1. The van der Waals surface area contributed by atoms with Crippen LogP contribution in [-0.4, -0.2) is 15.1 Å². The molecule has 18 heavy (non-hydrogen) atoms. The Kier molecular flexibility index (Phi) is 2.85. The van der Waals surface area contributed by atoms with Gasteiger partial charge in [0.2, 0.25) is 0 Å². The third-order valence-corrected chi connectivity index (χ3v) is 3.36. The van der Waals surface area contributed by atoms with Crippen LogP contribution in [0.15, 0.2) is 51.8 Å². The van der Waals surface area contributed by atoms with Gasteiger partial charge in [0, 0.05) is 12.4 Å². The number of rotatable bonds is 2. The highest BCUT2D eigenvalue weighted by Gasteiger charge is 2.17. The average Bonchev–Trinajstić information content (AvgIpc) is 2.83. The number of hydrogen-bond donors (Lipinski definition) is 1. The molecule has 1 atom stereocenters. The molecule has 0 bridgehead atoms. The molecule has 90 valence electrons. The lowest BCUT2D eigenvalue weighted by atomic mass is 10.1. The van der Waals surface area contributed by atoms with Crippen LogP contribution < -0.4 is 0 Å². The van der Waals surface area contributed by atoms with E-state index in [0.717, 1.165) is 21.1 Å². The van der Waals surface area contributed by atoms with Gasteiger partial charge in [-0.25, -0.2) is 0 Å². The molecule has 2 heterocycles. The summed E-state index contributed by atoms with van der Waals surface area (Å²) in [5.74, 6) is 0.484. The van der Waals surface area contributed by atoms with E-state index in [-0.39, 0.29) is 0 Å². The van der Waals surface area contributed by atoms with Crippen molar-refractivity contribution in [2.24, 2.45) is 0 Å². The van der Waals surface area contributed by atoms with Crippen LogP contribution in [0.5, 0.6) is 0 Å². The zero-order chi connectivity index (χ0) is 12.5. The molecule has 4 nitrogen and oxygen atoms in total. The summed E-state index contributed by atoms with van der Waals surface area (Å²) < 4.78 is 6.00. The van der Waals surface area contributed by atoms with Gasteiger partial charge < -0.3 is 9.52 Å². The topological polar surface area (TPSA) is 59.2 Å². The third kappa shape index (κ3) is 1.91. The van der Waals surface area contributed by atoms with Crippen molar-refractivity contribution in [1.29, 1.82) is 0 Å². The molecule has 3 rings (SSSR count). The van der Waals surface area contributed by atoms with E-state index in [9.17, 15) is 5.11 Å². The quantitative estimate of drug-likeness (QED) is 0.790. The van der Waals surface area contributed by atoms with E-state index in [0.29, 0.717) is 5.76 Å². The molecule has 0 radical (unpaired) electrons.